The molecule has 31 heavy (non-hydrogen) atoms. The van der Waals surface area contributed by atoms with Gasteiger partial charge in [-0.05, 0) is 42.3 Å². The van der Waals surface area contributed by atoms with Gasteiger partial charge in [0.1, 0.15) is 22.6 Å². The van der Waals surface area contributed by atoms with Gasteiger partial charge in [0.15, 0.2) is 0 Å². The zero-order valence-corrected chi connectivity index (χ0v) is 19.5. The molecule has 2 aromatic carbocycles. The van der Waals surface area contributed by atoms with E-state index in [1.807, 2.05) is 12.1 Å². The molecule has 5 nitrogen and oxygen atoms in total. The summed E-state index contributed by atoms with van der Waals surface area (Å²) in [7, 11) is 0. The van der Waals surface area contributed by atoms with E-state index in [9.17, 15) is 9.90 Å². The highest BCUT2D eigenvalue weighted by Crippen LogP contribution is 2.36. The molecule has 2 heterocycles. The highest BCUT2D eigenvalue weighted by molar-refractivity contribution is 7.21. The van der Waals surface area contributed by atoms with Crippen LogP contribution < -0.4 is 5.43 Å². The number of benzene rings is 2. The molecule has 0 spiro atoms. The van der Waals surface area contributed by atoms with Crippen LogP contribution in [0.2, 0.25) is 0 Å². The zero-order chi connectivity index (χ0) is 22.3. The molecule has 1 N–H and O–H groups in total. The average molecular weight is 437 g/mol. The number of aromatic hydroxyl groups is 1. The Kier molecular flexibility index (Phi) is 5.62. The second kappa shape index (κ2) is 8.09. The van der Waals surface area contributed by atoms with Crippen LogP contribution in [0.15, 0.2) is 45.8 Å². The van der Waals surface area contributed by atoms with Gasteiger partial charge in [-0.25, -0.2) is 4.98 Å². The molecule has 0 unspecified atom stereocenters. The summed E-state index contributed by atoms with van der Waals surface area (Å²) in [6.45, 7) is 12.8. The highest BCUT2D eigenvalue weighted by atomic mass is 32.1. The Morgan fingerprint density at radius 1 is 1.13 bits per heavy atom. The Labute approximate surface area is 186 Å². The van der Waals surface area contributed by atoms with Crippen molar-refractivity contribution in [2.45, 2.75) is 46.6 Å². The summed E-state index contributed by atoms with van der Waals surface area (Å²) in [6, 6.07) is 9.39. The molecule has 4 rings (SSSR count). The van der Waals surface area contributed by atoms with E-state index in [0.29, 0.717) is 33.6 Å². The lowest BCUT2D eigenvalue weighted by Gasteiger charge is -2.19. The largest absolute Gasteiger partial charge is 0.507 e. The predicted octanol–water partition coefficient (Wildman–Crippen LogP) is 5.91. The van der Waals surface area contributed by atoms with E-state index in [0.717, 1.165) is 28.9 Å². The van der Waals surface area contributed by atoms with Crippen LogP contribution in [0.1, 0.15) is 45.7 Å². The van der Waals surface area contributed by atoms with Crippen LogP contribution >= 0.6 is 11.3 Å². The topological polar surface area (TPSA) is 66.6 Å². The van der Waals surface area contributed by atoms with E-state index in [1.165, 1.54) is 17.6 Å². The molecular formula is C25H28N2O3S. The van der Waals surface area contributed by atoms with Gasteiger partial charge in [0.25, 0.3) is 0 Å². The standard InChI is InChI=1S/C25H28N2O3S/c1-6-27(7-2)13-16-19(28)12-11-15-22(29)17(14-30-23(15)16)24-26-21-18(25(3,4)5)9-8-10-20(21)31-24/h8-12,14,28H,6-7,13H2,1-5H3. The fourth-order valence-corrected chi connectivity index (χ4v) is 4.88. The van der Waals surface area contributed by atoms with Crippen molar-refractivity contribution in [3.05, 3.63) is 57.9 Å². The minimum atomic E-state index is -0.126. The maximum Gasteiger partial charge on any atom is 0.202 e. The second-order valence-corrected chi connectivity index (χ2v) is 9.83. The van der Waals surface area contributed by atoms with E-state index >= 15 is 0 Å². The monoisotopic (exact) mass is 436 g/mol. The number of aromatic nitrogens is 1. The summed E-state index contributed by atoms with van der Waals surface area (Å²) in [4.78, 5) is 20.4. The van der Waals surface area contributed by atoms with E-state index < -0.39 is 0 Å². The Morgan fingerprint density at radius 3 is 2.55 bits per heavy atom. The van der Waals surface area contributed by atoms with E-state index in [-0.39, 0.29) is 16.6 Å². The number of phenols is 1. The first-order valence-corrected chi connectivity index (χ1v) is 11.4. The number of hydrogen-bond acceptors (Lipinski definition) is 6. The highest BCUT2D eigenvalue weighted by Gasteiger charge is 2.22. The van der Waals surface area contributed by atoms with Crippen LogP contribution in [0.3, 0.4) is 0 Å². The fraction of sp³-hybridized carbons (Fsp3) is 0.360. The lowest BCUT2D eigenvalue weighted by atomic mass is 9.86. The molecule has 0 aliphatic heterocycles. The summed E-state index contributed by atoms with van der Waals surface area (Å²) >= 11 is 1.50. The summed E-state index contributed by atoms with van der Waals surface area (Å²) in [5, 5.41) is 11.5. The van der Waals surface area contributed by atoms with Gasteiger partial charge in [-0.1, -0.05) is 46.8 Å². The number of para-hydroxylation sites is 1. The Balaban J connectivity index is 1.88. The van der Waals surface area contributed by atoms with Crippen molar-refractivity contribution in [1.82, 2.24) is 9.88 Å². The van der Waals surface area contributed by atoms with Gasteiger partial charge >= 0.3 is 0 Å². The SMILES string of the molecule is CCN(CC)Cc1c(O)ccc2c(=O)c(-c3nc4c(C(C)(C)C)cccc4s3)coc12. The quantitative estimate of drug-likeness (QED) is 0.421. The zero-order valence-electron chi connectivity index (χ0n) is 18.7. The lowest BCUT2D eigenvalue weighted by molar-refractivity contribution is 0.290. The van der Waals surface area contributed by atoms with E-state index in [4.69, 9.17) is 9.40 Å². The van der Waals surface area contributed by atoms with Crippen molar-refractivity contribution in [2.24, 2.45) is 0 Å². The van der Waals surface area contributed by atoms with Crippen molar-refractivity contribution < 1.29 is 9.52 Å². The number of hydrogen-bond donors (Lipinski definition) is 1. The summed E-state index contributed by atoms with van der Waals surface area (Å²) < 4.78 is 7.00. The molecule has 0 radical (unpaired) electrons. The van der Waals surface area contributed by atoms with E-state index in [2.05, 4.69) is 45.6 Å². The van der Waals surface area contributed by atoms with Crippen LogP contribution in [0.5, 0.6) is 5.75 Å². The smallest absolute Gasteiger partial charge is 0.202 e. The number of phenolic OH excluding ortho intramolecular Hbond substituents is 1. The molecule has 0 amide bonds. The molecule has 6 heteroatoms. The minimum Gasteiger partial charge on any atom is -0.507 e. The number of thiazole rings is 1. The van der Waals surface area contributed by atoms with Crippen molar-refractivity contribution >= 4 is 32.5 Å². The summed E-state index contributed by atoms with van der Waals surface area (Å²) in [5.74, 6) is 0.144. The number of nitrogens with zero attached hydrogens (tertiary/aromatic N) is 2. The first-order valence-electron chi connectivity index (χ1n) is 10.6. The third-order valence-corrected chi connectivity index (χ3v) is 6.81. The van der Waals surface area contributed by atoms with Gasteiger partial charge in [-0.3, -0.25) is 9.69 Å². The van der Waals surface area contributed by atoms with Gasteiger partial charge in [-0.15, -0.1) is 11.3 Å². The average Bonchev–Trinajstić information content (AvgIpc) is 3.16. The van der Waals surface area contributed by atoms with Crippen LogP contribution in [0.4, 0.5) is 0 Å². The molecule has 0 saturated heterocycles. The Morgan fingerprint density at radius 2 is 1.87 bits per heavy atom. The molecular weight excluding hydrogens is 408 g/mol. The lowest BCUT2D eigenvalue weighted by Crippen LogP contribution is -2.22. The van der Waals surface area contributed by atoms with Gasteiger partial charge in [0, 0.05) is 6.54 Å². The molecule has 0 bridgehead atoms. The summed E-state index contributed by atoms with van der Waals surface area (Å²) in [5.41, 5.74) is 3.45. The van der Waals surface area contributed by atoms with Crippen molar-refractivity contribution in [3.8, 4) is 16.3 Å². The van der Waals surface area contributed by atoms with Crippen LogP contribution in [-0.4, -0.2) is 28.1 Å². The number of rotatable bonds is 5. The number of fused-ring (bicyclic) bond motifs is 2. The maximum absolute atomic E-state index is 13.4. The normalized spacial score (nSPS) is 12.3. The first kappa shape index (κ1) is 21.5. The summed E-state index contributed by atoms with van der Waals surface area (Å²) in [6.07, 6.45) is 1.49. The van der Waals surface area contributed by atoms with Crippen molar-refractivity contribution in [1.29, 1.82) is 0 Å². The second-order valence-electron chi connectivity index (χ2n) is 8.80. The molecule has 162 valence electrons. The molecule has 4 aromatic rings. The third-order valence-electron chi connectivity index (χ3n) is 5.75. The minimum absolute atomic E-state index is 0.0459. The molecule has 0 saturated carbocycles. The first-order chi connectivity index (χ1) is 14.7. The van der Waals surface area contributed by atoms with E-state index in [1.54, 1.807) is 12.1 Å². The third kappa shape index (κ3) is 3.86. The molecule has 0 fully saturated rings. The van der Waals surface area contributed by atoms with Gasteiger partial charge < -0.3 is 9.52 Å². The van der Waals surface area contributed by atoms with Gasteiger partial charge in [-0.2, -0.15) is 0 Å². The van der Waals surface area contributed by atoms with Gasteiger partial charge in [0.2, 0.25) is 5.43 Å². The Bertz CT molecular complexity index is 1310. The van der Waals surface area contributed by atoms with Crippen LogP contribution in [0, 0.1) is 0 Å². The Hall–Kier alpha value is -2.70. The molecule has 0 aliphatic rings. The van der Waals surface area contributed by atoms with Crippen LogP contribution in [-0.2, 0) is 12.0 Å². The molecule has 2 aromatic heterocycles. The van der Waals surface area contributed by atoms with Gasteiger partial charge in [0.05, 0.1) is 26.7 Å². The van der Waals surface area contributed by atoms with Crippen LogP contribution in [0.25, 0.3) is 31.8 Å². The van der Waals surface area contributed by atoms with Crippen molar-refractivity contribution in [2.75, 3.05) is 13.1 Å². The van der Waals surface area contributed by atoms with Crippen molar-refractivity contribution in [3.63, 3.8) is 0 Å². The molecule has 0 atom stereocenters. The molecule has 0 aliphatic carbocycles. The fourth-order valence-electron chi connectivity index (χ4n) is 3.89. The maximum atomic E-state index is 13.4. The predicted molar refractivity (Wildman–Crippen MR) is 128 cm³/mol.